The molecule has 1 N–H and O–H groups in total. The van der Waals surface area contributed by atoms with Crippen molar-refractivity contribution in [1.29, 1.82) is 0 Å². The van der Waals surface area contributed by atoms with Crippen molar-refractivity contribution >= 4 is 0 Å². The van der Waals surface area contributed by atoms with Crippen molar-refractivity contribution < 1.29 is 0 Å². The zero-order chi connectivity index (χ0) is 11.0. The third-order valence-electron chi connectivity index (χ3n) is 4.36. The lowest BCUT2D eigenvalue weighted by atomic mass is 9.67. The zero-order valence-corrected chi connectivity index (χ0v) is 9.95. The van der Waals surface area contributed by atoms with Crippen LogP contribution in [0.5, 0.6) is 0 Å². The fourth-order valence-corrected chi connectivity index (χ4v) is 3.38. The molecule has 88 valence electrons. The Bertz CT molecular complexity index is 361. The maximum atomic E-state index is 4.24. The summed E-state index contributed by atoms with van der Waals surface area (Å²) in [6, 6.07) is 0. The maximum Gasteiger partial charge on any atom is 0.0833 e. The van der Waals surface area contributed by atoms with Crippen LogP contribution in [0.4, 0.5) is 0 Å². The molecule has 1 saturated carbocycles. The zero-order valence-electron chi connectivity index (χ0n) is 9.95. The Morgan fingerprint density at radius 3 is 2.69 bits per heavy atom. The molecule has 1 saturated heterocycles. The summed E-state index contributed by atoms with van der Waals surface area (Å²) >= 11 is 0. The molecule has 2 fully saturated rings. The Hall–Kier alpha value is -0.900. The molecule has 0 unspecified atom stereocenters. The standard InChI is InChI=1S/C12H20N4/c1-16-7-11(14-15-16)6-12(8-13-9-12)10-4-2-3-5-10/h7,10,13H,2-6,8-9H2,1H3. The van der Waals surface area contributed by atoms with Gasteiger partial charge in [-0.3, -0.25) is 4.68 Å². The number of nitrogens with zero attached hydrogens (tertiary/aromatic N) is 3. The summed E-state index contributed by atoms with van der Waals surface area (Å²) in [4.78, 5) is 0. The van der Waals surface area contributed by atoms with Gasteiger partial charge in [-0.05, 0) is 18.8 Å². The lowest BCUT2D eigenvalue weighted by Gasteiger charge is -2.47. The fraction of sp³-hybridized carbons (Fsp3) is 0.833. The molecule has 0 radical (unpaired) electrons. The summed E-state index contributed by atoms with van der Waals surface area (Å²) in [7, 11) is 1.94. The van der Waals surface area contributed by atoms with Crippen LogP contribution in [0, 0.1) is 11.3 Å². The lowest BCUT2D eigenvalue weighted by Crippen LogP contribution is -2.58. The van der Waals surface area contributed by atoms with Crippen molar-refractivity contribution in [3.63, 3.8) is 0 Å². The predicted molar refractivity (Wildman–Crippen MR) is 62.0 cm³/mol. The van der Waals surface area contributed by atoms with E-state index < -0.39 is 0 Å². The van der Waals surface area contributed by atoms with Crippen molar-refractivity contribution in [2.75, 3.05) is 13.1 Å². The van der Waals surface area contributed by atoms with Gasteiger partial charge in [0.15, 0.2) is 0 Å². The highest BCUT2D eigenvalue weighted by Gasteiger charge is 2.45. The Morgan fingerprint density at radius 1 is 1.44 bits per heavy atom. The number of hydrogen-bond donors (Lipinski definition) is 1. The summed E-state index contributed by atoms with van der Waals surface area (Å²) in [5, 5.41) is 11.7. The molecule has 1 aliphatic heterocycles. The number of rotatable bonds is 3. The molecule has 0 aromatic carbocycles. The molecule has 2 aliphatic rings. The largest absolute Gasteiger partial charge is 0.315 e. The molecule has 0 bridgehead atoms. The Balaban J connectivity index is 1.74. The van der Waals surface area contributed by atoms with Crippen molar-refractivity contribution in [2.45, 2.75) is 32.1 Å². The van der Waals surface area contributed by atoms with Crippen LogP contribution in [-0.4, -0.2) is 28.1 Å². The lowest BCUT2D eigenvalue weighted by molar-refractivity contribution is 0.0799. The quantitative estimate of drug-likeness (QED) is 0.830. The van der Waals surface area contributed by atoms with Crippen LogP contribution in [0.25, 0.3) is 0 Å². The number of aromatic nitrogens is 3. The van der Waals surface area contributed by atoms with E-state index in [-0.39, 0.29) is 0 Å². The minimum Gasteiger partial charge on any atom is -0.315 e. The van der Waals surface area contributed by atoms with E-state index in [0.29, 0.717) is 5.41 Å². The van der Waals surface area contributed by atoms with Gasteiger partial charge in [0.25, 0.3) is 0 Å². The smallest absolute Gasteiger partial charge is 0.0833 e. The van der Waals surface area contributed by atoms with Gasteiger partial charge in [-0.1, -0.05) is 18.1 Å². The molecular formula is C12H20N4. The van der Waals surface area contributed by atoms with Crippen LogP contribution in [0.1, 0.15) is 31.4 Å². The fourth-order valence-electron chi connectivity index (χ4n) is 3.38. The summed E-state index contributed by atoms with van der Waals surface area (Å²) in [6.45, 7) is 2.35. The first-order valence-electron chi connectivity index (χ1n) is 6.34. The van der Waals surface area contributed by atoms with Gasteiger partial charge in [-0.15, -0.1) is 5.10 Å². The summed E-state index contributed by atoms with van der Waals surface area (Å²) in [5.41, 5.74) is 1.66. The summed E-state index contributed by atoms with van der Waals surface area (Å²) in [5.74, 6) is 0.913. The first kappa shape index (κ1) is 10.3. The average Bonchev–Trinajstić information content (AvgIpc) is 2.82. The van der Waals surface area contributed by atoms with Crippen LogP contribution in [0.2, 0.25) is 0 Å². The first-order chi connectivity index (χ1) is 7.78. The van der Waals surface area contributed by atoms with Crippen molar-refractivity contribution in [1.82, 2.24) is 20.3 Å². The van der Waals surface area contributed by atoms with E-state index in [2.05, 4.69) is 21.8 Å². The van der Waals surface area contributed by atoms with Crippen molar-refractivity contribution in [2.24, 2.45) is 18.4 Å². The molecule has 1 aromatic heterocycles. The third kappa shape index (κ3) is 1.65. The van der Waals surface area contributed by atoms with Gasteiger partial charge in [-0.25, -0.2) is 0 Å². The molecule has 3 rings (SSSR count). The number of aryl methyl sites for hydroxylation is 1. The SMILES string of the molecule is Cn1cc(CC2(C3CCCC3)CNC2)nn1. The molecule has 4 heteroatoms. The second kappa shape index (κ2) is 3.84. The van der Waals surface area contributed by atoms with Crippen molar-refractivity contribution in [3.05, 3.63) is 11.9 Å². The Labute approximate surface area is 96.4 Å². The van der Waals surface area contributed by atoms with E-state index >= 15 is 0 Å². The van der Waals surface area contributed by atoms with Gasteiger partial charge in [0.2, 0.25) is 0 Å². The number of nitrogens with one attached hydrogen (secondary N) is 1. The van der Waals surface area contributed by atoms with Crippen LogP contribution < -0.4 is 5.32 Å². The molecular weight excluding hydrogens is 200 g/mol. The molecule has 0 amide bonds. The summed E-state index contributed by atoms with van der Waals surface area (Å²) in [6.07, 6.45) is 8.86. The highest BCUT2D eigenvalue weighted by Crippen LogP contribution is 2.44. The molecule has 1 aromatic rings. The third-order valence-corrected chi connectivity index (χ3v) is 4.36. The van der Waals surface area contributed by atoms with Crippen LogP contribution >= 0.6 is 0 Å². The van der Waals surface area contributed by atoms with Crippen LogP contribution in [0.15, 0.2) is 6.20 Å². The van der Waals surface area contributed by atoms with Crippen molar-refractivity contribution in [3.8, 4) is 0 Å². The van der Waals surface area contributed by atoms with Gasteiger partial charge < -0.3 is 5.32 Å². The average molecular weight is 220 g/mol. The number of hydrogen-bond acceptors (Lipinski definition) is 3. The van der Waals surface area contributed by atoms with E-state index in [9.17, 15) is 0 Å². The second-order valence-corrected chi connectivity index (χ2v) is 5.51. The normalized spacial score (nSPS) is 24.6. The Kier molecular flexibility index (Phi) is 2.46. The molecule has 1 aliphatic carbocycles. The highest BCUT2D eigenvalue weighted by atomic mass is 15.4. The van der Waals surface area contributed by atoms with Gasteiger partial charge in [0.1, 0.15) is 0 Å². The Morgan fingerprint density at radius 2 is 2.19 bits per heavy atom. The molecule has 16 heavy (non-hydrogen) atoms. The maximum absolute atomic E-state index is 4.24. The topological polar surface area (TPSA) is 42.7 Å². The monoisotopic (exact) mass is 220 g/mol. The van der Waals surface area contributed by atoms with E-state index in [1.807, 2.05) is 11.7 Å². The van der Waals surface area contributed by atoms with Gasteiger partial charge in [0, 0.05) is 38.2 Å². The summed E-state index contributed by atoms with van der Waals surface area (Å²) < 4.78 is 1.81. The molecule has 4 nitrogen and oxygen atoms in total. The van der Waals surface area contributed by atoms with E-state index in [4.69, 9.17) is 0 Å². The molecule has 0 atom stereocenters. The van der Waals surface area contributed by atoms with E-state index in [1.54, 1.807) is 0 Å². The van der Waals surface area contributed by atoms with Gasteiger partial charge in [-0.2, -0.15) is 0 Å². The van der Waals surface area contributed by atoms with E-state index in [1.165, 1.54) is 38.8 Å². The van der Waals surface area contributed by atoms with Crippen LogP contribution in [-0.2, 0) is 13.5 Å². The van der Waals surface area contributed by atoms with Gasteiger partial charge >= 0.3 is 0 Å². The molecule has 0 spiro atoms. The minimum absolute atomic E-state index is 0.493. The van der Waals surface area contributed by atoms with Gasteiger partial charge in [0.05, 0.1) is 5.69 Å². The second-order valence-electron chi connectivity index (χ2n) is 5.51. The predicted octanol–water partition coefficient (Wildman–Crippen LogP) is 1.14. The van der Waals surface area contributed by atoms with Crippen LogP contribution in [0.3, 0.4) is 0 Å². The molecule has 2 heterocycles. The minimum atomic E-state index is 0.493. The van der Waals surface area contributed by atoms with E-state index in [0.717, 1.165) is 18.0 Å². The first-order valence-corrected chi connectivity index (χ1v) is 6.34. The highest BCUT2D eigenvalue weighted by molar-refractivity contribution is 5.07.